The van der Waals surface area contributed by atoms with E-state index in [1.807, 2.05) is 0 Å². The third-order valence-corrected chi connectivity index (χ3v) is 8.35. The molecule has 2 unspecified atom stereocenters. The van der Waals surface area contributed by atoms with Gasteiger partial charge in [0.15, 0.2) is 0 Å². The fraction of sp³-hybridized carbons (Fsp3) is 0.737. The van der Waals surface area contributed by atoms with Crippen molar-refractivity contribution in [1.29, 1.82) is 0 Å². The van der Waals surface area contributed by atoms with Crippen molar-refractivity contribution in [3.63, 3.8) is 0 Å². The number of alkyl halides is 3. The van der Waals surface area contributed by atoms with Gasteiger partial charge in [0.25, 0.3) is 0 Å². The lowest BCUT2D eigenvalue weighted by Gasteiger charge is -2.39. The van der Waals surface area contributed by atoms with E-state index < -0.39 is 21.9 Å². The summed E-state index contributed by atoms with van der Waals surface area (Å²) in [6.45, 7) is 6.75. The Morgan fingerprint density at radius 1 is 1.24 bits per heavy atom. The molecule has 3 fully saturated rings. The summed E-state index contributed by atoms with van der Waals surface area (Å²) in [6, 6.07) is 2.14. The minimum Gasteiger partial charge on any atom is -0.380 e. The Balaban J connectivity index is 1.40. The SMILES string of the molecule is Cc1nc(C(F)(F)F)ccc1S(=O)(=O)N1CC2CC(NCC3(C)COC3)CC2C1. The minimum atomic E-state index is -4.59. The Morgan fingerprint density at radius 2 is 1.86 bits per heavy atom. The van der Waals surface area contributed by atoms with Crippen molar-refractivity contribution in [1.82, 2.24) is 14.6 Å². The molecular weight excluding hydrogens is 407 g/mol. The minimum absolute atomic E-state index is 0.118. The standard InChI is InChI=1S/C19H26F3N3O3S/c1-12-16(3-4-17(24-12)19(20,21)22)29(26,27)25-7-13-5-15(6-14(13)8-25)23-9-18(2)10-28-11-18/h3-4,13-15,23H,5-11H2,1-2H3. The van der Waals surface area contributed by atoms with Gasteiger partial charge in [0.05, 0.1) is 18.9 Å². The van der Waals surface area contributed by atoms with Gasteiger partial charge in [0, 0.05) is 31.1 Å². The largest absolute Gasteiger partial charge is 0.433 e. The first-order chi connectivity index (χ1) is 13.5. The monoisotopic (exact) mass is 433 g/mol. The first kappa shape index (κ1) is 21.0. The number of fused-ring (bicyclic) bond motifs is 1. The second-order valence-corrected chi connectivity index (χ2v) is 10.9. The van der Waals surface area contributed by atoms with Crippen LogP contribution in [0.1, 0.15) is 31.2 Å². The van der Waals surface area contributed by atoms with Crippen molar-refractivity contribution < 1.29 is 26.3 Å². The molecule has 2 atom stereocenters. The first-order valence-electron chi connectivity index (χ1n) is 9.84. The van der Waals surface area contributed by atoms with Crippen LogP contribution in [0.15, 0.2) is 17.0 Å². The Kier molecular flexibility index (Phi) is 5.20. The molecule has 3 aliphatic rings. The average molecular weight is 433 g/mol. The summed E-state index contributed by atoms with van der Waals surface area (Å²) in [6.07, 6.45) is -2.77. The number of hydrogen-bond acceptors (Lipinski definition) is 5. The van der Waals surface area contributed by atoms with Crippen LogP contribution < -0.4 is 5.32 Å². The molecule has 162 valence electrons. The molecule has 2 saturated heterocycles. The average Bonchev–Trinajstić information content (AvgIpc) is 3.16. The summed E-state index contributed by atoms with van der Waals surface area (Å²) >= 11 is 0. The maximum absolute atomic E-state index is 13.0. The highest BCUT2D eigenvalue weighted by molar-refractivity contribution is 7.89. The highest BCUT2D eigenvalue weighted by atomic mass is 32.2. The normalized spacial score (nSPS) is 29.6. The van der Waals surface area contributed by atoms with Crippen molar-refractivity contribution in [2.24, 2.45) is 17.3 Å². The van der Waals surface area contributed by atoms with Crippen LogP contribution in [0.3, 0.4) is 0 Å². The number of nitrogens with one attached hydrogen (secondary N) is 1. The van der Waals surface area contributed by atoms with E-state index in [1.54, 1.807) is 0 Å². The summed E-state index contributed by atoms with van der Waals surface area (Å²) in [5, 5.41) is 3.60. The van der Waals surface area contributed by atoms with E-state index in [4.69, 9.17) is 4.74 Å². The van der Waals surface area contributed by atoms with E-state index in [2.05, 4.69) is 17.2 Å². The van der Waals surface area contributed by atoms with Gasteiger partial charge in [-0.05, 0) is 43.7 Å². The van der Waals surface area contributed by atoms with Crippen molar-refractivity contribution in [2.45, 2.75) is 43.8 Å². The molecule has 2 aliphatic heterocycles. The van der Waals surface area contributed by atoms with Gasteiger partial charge in [-0.2, -0.15) is 17.5 Å². The molecule has 4 rings (SSSR count). The highest BCUT2D eigenvalue weighted by Crippen LogP contribution is 2.41. The molecule has 1 aromatic rings. The summed E-state index contributed by atoms with van der Waals surface area (Å²) in [7, 11) is -3.85. The molecule has 0 amide bonds. The van der Waals surface area contributed by atoms with E-state index in [9.17, 15) is 21.6 Å². The van der Waals surface area contributed by atoms with E-state index >= 15 is 0 Å². The lowest BCUT2D eigenvalue weighted by Crippen LogP contribution is -2.49. The van der Waals surface area contributed by atoms with E-state index in [0.717, 1.165) is 44.7 Å². The highest BCUT2D eigenvalue weighted by Gasteiger charge is 2.46. The molecule has 0 spiro atoms. The van der Waals surface area contributed by atoms with Crippen LogP contribution in [-0.4, -0.2) is 56.6 Å². The van der Waals surface area contributed by atoms with Crippen LogP contribution in [0, 0.1) is 24.2 Å². The number of ether oxygens (including phenoxy) is 1. The number of pyridine rings is 1. The lowest BCUT2D eigenvalue weighted by atomic mass is 9.88. The maximum Gasteiger partial charge on any atom is 0.433 e. The van der Waals surface area contributed by atoms with E-state index in [1.165, 1.54) is 11.2 Å². The number of rotatable bonds is 5. The number of halogens is 3. The Labute approximate surface area is 168 Å². The Hall–Kier alpha value is -1.23. The van der Waals surface area contributed by atoms with Gasteiger partial charge >= 0.3 is 6.18 Å². The fourth-order valence-corrected chi connectivity index (χ4v) is 6.39. The molecule has 1 aromatic heterocycles. The van der Waals surface area contributed by atoms with Crippen molar-refractivity contribution in [3.8, 4) is 0 Å². The number of nitrogens with zero attached hydrogens (tertiary/aromatic N) is 2. The molecule has 0 radical (unpaired) electrons. The zero-order chi connectivity index (χ0) is 21.0. The molecule has 0 aromatic carbocycles. The van der Waals surface area contributed by atoms with Crippen LogP contribution >= 0.6 is 0 Å². The van der Waals surface area contributed by atoms with Gasteiger partial charge in [-0.15, -0.1) is 0 Å². The molecule has 1 N–H and O–H groups in total. The lowest BCUT2D eigenvalue weighted by molar-refractivity contribution is -0.141. The maximum atomic E-state index is 13.0. The Morgan fingerprint density at radius 3 is 2.34 bits per heavy atom. The topological polar surface area (TPSA) is 71.5 Å². The smallest absolute Gasteiger partial charge is 0.380 e. The van der Waals surface area contributed by atoms with Gasteiger partial charge in [-0.25, -0.2) is 13.4 Å². The number of hydrogen-bond donors (Lipinski definition) is 1. The van der Waals surface area contributed by atoms with Crippen LogP contribution in [0.5, 0.6) is 0 Å². The third kappa shape index (κ3) is 4.04. The molecule has 10 heteroatoms. The molecule has 29 heavy (non-hydrogen) atoms. The zero-order valence-corrected chi connectivity index (χ0v) is 17.3. The van der Waals surface area contributed by atoms with Crippen molar-refractivity contribution in [2.75, 3.05) is 32.8 Å². The molecule has 6 nitrogen and oxygen atoms in total. The van der Waals surface area contributed by atoms with Crippen LogP contribution in [0.25, 0.3) is 0 Å². The fourth-order valence-electron chi connectivity index (χ4n) is 4.68. The summed E-state index contributed by atoms with van der Waals surface area (Å²) < 4.78 is 71.2. The molecule has 0 bridgehead atoms. The number of aryl methyl sites for hydroxylation is 1. The molecule has 1 saturated carbocycles. The third-order valence-electron chi connectivity index (χ3n) is 6.38. The van der Waals surface area contributed by atoms with Gasteiger partial charge in [0.2, 0.25) is 10.0 Å². The van der Waals surface area contributed by atoms with Crippen LogP contribution in [0.2, 0.25) is 0 Å². The number of aromatic nitrogens is 1. The number of sulfonamides is 1. The second-order valence-electron chi connectivity index (χ2n) is 8.97. The van der Waals surface area contributed by atoms with Crippen molar-refractivity contribution >= 4 is 10.0 Å². The zero-order valence-electron chi connectivity index (χ0n) is 16.5. The van der Waals surface area contributed by atoms with E-state index in [0.29, 0.717) is 19.1 Å². The molecule has 1 aliphatic carbocycles. The van der Waals surface area contributed by atoms with Crippen LogP contribution in [0.4, 0.5) is 13.2 Å². The Bertz CT molecular complexity index is 872. The summed E-state index contributed by atoms with van der Waals surface area (Å²) in [4.78, 5) is 3.34. The van der Waals surface area contributed by atoms with Gasteiger partial charge in [-0.1, -0.05) is 6.92 Å². The quantitative estimate of drug-likeness (QED) is 0.772. The first-order valence-corrected chi connectivity index (χ1v) is 11.3. The van der Waals surface area contributed by atoms with Gasteiger partial charge < -0.3 is 10.1 Å². The van der Waals surface area contributed by atoms with E-state index in [-0.39, 0.29) is 27.8 Å². The van der Waals surface area contributed by atoms with Gasteiger partial charge in [0.1, 0.15) is 10.6 Å². The van der Waals surface area contributed by atoms with Crippen molar-refractivity contribution in [3.05, 3.63) is 23.5 Å². The predicted octanol–water partition coefficient (Wildman–Crippen LogP) is 2.43. The van der Waals surface area contributed by atoms with Gasteiger partial charge in [-0.3, -0.25) is 0 Å². The predicted molar refractivity (Wildman–Crippen MR) is 99.7 cm³/mol. The molecule has 3 heterocycles. The summed E-state index contributed by atoms with van der Waals surface area (Å²) in [5.74, 6) is 0.547. The second kappa shape index (κ2) is 7.18. The van der Waals surface area contributed by atoms with Crippen LogP contribution in [-0.2, 0) is 20.9 Å². The molecular formula is C19H26F3N3O3S. The summed E-state index contributed by atoms with van der Waals surface area (Å²) in [5.41, 5.74) is -1.00.